The third kappa shape index (κ3) is 5.42. The van der Waals surface area contributed by atoms with Crippen LogP contribution in [0.15, 0.2) is 54.6 Å². The minimum absolute atomic E-state index is 0.219. The summed E-state index contributed by atoms with van der Waals surface area (Å²) in [7, 11) is -3.60. The first-order chi connectivity index (χ1) is 13.7. The lowest BCUT2D eigenvalue weighted by Crippen LogP contribution is -2.18. The molecule has 0 saturated carbocycles. The van der Waals surface area contributed by atoms with Crippen LogP contribution in [0, 0.1) is 12.7 Å². The maximum Gasteiger partial charge on any atom is 0.225 e. The van der Waals surface area contributed by atoms with Crippen molar-refractivity contribution in [1.29, 1.82) is 0 Å². The number of carbonyl (C=O) groups excluding carboxylic acids is 1. The van der Waals surface area contributed by atoms with Gasteiger partial charge < -0.3 is 5.32 Å². The summed E-state index contributed by atoms with van der Waals surface area (Å²) in [5.41, 5.74) is 2.05. The van der Waals surface area contributed by atoms with E-state index in [1.807, 2.05) is 30.3 Å². The molecule has 1 aromatic heterocycles. The van der Waals surface area contributed by atoms with Crippen LogP contribution in [0.5, 0.6) is 0 Å². The molecule has 1 N–H and O–H groups in total. The Kier molecular flexibility index (Phi) is 6.34. The van der Waals surface area contributed by atoms with Crippen molar-refractivity contribution in [3.05, 3.63) is 76.8 Å². The van der Waals surface area contributed by atoms with Gasteiger partial charge in [-0.15, -0.1) is 0 Å². The quantitative estimate of drug-likeness (QED) is 0.610. The van der Waals surface area contributed by atoms with Crippen molar-refractivity contribution in [3.63, 3.8) is 0 Å². The summed E-state index contributed by atoms with van der Waals surface area (Å²) in [4.78, 5) is 12.0. The molecule has 0 aliphatic heterocycles. The first-order valence-electron chi connectivity index (χ1n) is 8.80. The van der Waals surface area contributed by atoms with Crippen molar-refractivity contribution in [3.8, 4) is 5.69 Å². The normalized spacial score (nSPS) is 11.4. The van der Waals surface area contributed by atoms with E-state index in [9.17, 15) is 17.6 Å². The molecule has 0 bridgehead atoms. The molecule has 1 amide bonds. The van der Waals surface area contributed by atoms with Crippen LogP contribution in [0.2, 0.25) is 5.15 Å². The number of anilines is 1. The topological polar surface area (TPSA) is 81.1 Å². The summed E-state index contributed by atoms with van der Waals surface area (Å²) in [6.45, 7) is 1.69. The number of aryl methyl sites for hydroxylation is 1. The van der Waals surface area contributed by atoms with Gasteiger partial charge >= 0.3 is 0 Å². The number of sulfone groups is 1. The van der Waals surface area contributed by atoms with Crippen LogP contribution in [0.3, 0.4) is 0 Å². The highest BCUT2D eigenvalue weighted by molar-refractivity contribution is 7.90. The molecule has 2 aromatic carbocycles. The van der Waals surface area contributed by atoms with Gasteiger partial charge in [-0.1, -0.05) is 29.8 Å². The third-order valence-corrected chi connectivity index (χ3v) is 6.20. The number of halogens is 2. The van der Waals surface area contributed by atoms with E-state index >= 15 is 0 Å². The first-order valence-corrected chi connectivity index (χ1v) is 11.0. The van der Waals surface area contributed by atoms with Gasteiger partial charge in [-0.05, 0) is 43.3 Å². The van der Waals surface area contributed by atoms with Gasteiger partial charge in [0.1, 0.15) is 11.0 Å². The Morgan fingerprint density at radius 3 is 2.45 bits per heavy atom. The smallest absolute Gasteiger partial charge is 0.225 e. The molecule has 6 nitrogen and oxygen atoms in total. The molecule has 29 heavy (non-hydrogen) atoms. The lowest BCUT2D eigenvalue weighted by atomic mass is 10.3. The molecule has 0 fully saturated rings. The molecule has 0 radical (unpaired) electrons. The second-order valence-electron chi connectivity index (χ2n) is 6.50. The van der Waals surface area contributed by atoms with Gasteiger partial charge in [0.05, 0.1) is 22.9 Å². The van der Waals surface area contributed by atoms with E-state index < -0.39 is 21.6 Å². The van der Waals surface area contributed by atoms with Crippen LogP contribution >= 0.6 is 11.6 Å². The number of hydrogen-bond donors (Lipinski definition) is 1. The average molecular weight is 436 g/mol. The molecular weight excluding hydrogens is 417 g/mol. The minimum atomic E-state index is -3.60. The molecule has 0 saturated heterocycles. The summed E-state index contributed by atoms with van der Waals surface area (Å²) >= 11 is 6.38. The maximum absolute atomic E-state index is 12.9. The van der Waals surface area contributed by atoms with Crippen molar-refractivity contribution in [2.75, 3.05) is 11.1 Å². The van der Waals surface area contributed by atoms with Crippen molar-refractivity contribution < 1.29 is 17.6 Å². The van der Waals surface area contributed by atoms with Gasteiger partial charge in [0, 0.05) is 17.7 Å². The van der Waals surface area contributed by atoms with E-state index in [0.717, 1.165) is 5.69 Å². The van der Waals surface area contributed by atoms with Crippen LogP contribution in [0.25, 0.3) is 5.69 Å². The molecule has 3 rings (SSSR count). The summed E-state index contributed by atoms with van der Waals surface area (Å²) in [5, 5.41) is 7.10. The van der Waals surface area contributed by atoms with Gasteiger partial charge in [0.2, 0.25) is 5.91 Å². The fraction of sp³-hybridized carbons (Fsp3) is 0.200. The molecule has 152 valence electrons. The van der Waals surface area contributed by atoms with E-state index in [0.29, 0.717) is 16.9 Å². The Morgan fingerprint density at radius 1 is 1.14 bits per heavy atom. The lowest BCUT2D eigenvalue weighted by Gasteiger charge is -2.07. The Morgan fingerprint density at radius 2 is 1.79 bits per heavy atom. The Balaban J connectivity index is 1.66. The molecule has 1 heterocycles. The number of para-hydroxylation sites is 1. The zero-order valence-electron chi connectivity index (χ0n) is 15.6. The number of carbonyl (C=O) groups is 1. The Hall–Kier alpha value is -2.71. The molecule has 0 aliphatic rings. The molecule has 0 unspecified atom stereocenters. The van der Waals surface area contributed by atoms with E-state index in [1.165, 1.54) is 28.9 Å². The first kappa shape index (κ1) is 21.0. The highest BCUT2D eigenvalue weighted by Gasteiger charge is 2.22. The summed E-state index contributed by atoms with van der Waals surface area (Å²) < 4.78 is 39.4. The molecule has 9 heteroatoms. The van der Waals surface area contributed by atoms with Crippen LogP contribution in [0.4, 0.5) is 10.1 Å². The molecule has 3 aromatic rings. The fourth-order valence-electron chi connectivity index (χ4n) is 2.73. The van der Waals surface area contributed by atoms with E-state index in [4.69, 9.17) is 11.6 Å². The zero-order chi connectivity index (χ0) is 21.0. The van der Waals surface area contributed by atoms with Gasteiger partial charge in [-0.25, -0.2) is 17.5 Å². The predicted octanol–water partition coefficient (Wildman–Crippen LogP) is 3.92. The number of rotatable bonds is 7. The molecule has 0 atom stereocenters. The predicted molar refractivity (Wildman–Crippen MR) is 110 cm³/mol. The van der Waals surface area contributed by atoms with Gasteiger partial charge in [0.15, 0.2) is 9.84 Å². The molecule has 0 aliphatic carbocycles. The monoisotopic (exact) mass is 435 g/mol. The number of benzene rings is 2. The Bertz CT molecular complexity index is 1110. The third-order valence-electron chi connectivity index (χ3n) is 4.25. The number of hydrogen-bond acceptors (Lipinski definition) is 4. The van der Waals surface area contributed by atoms with E-state index in [1.54, 1.807) is 6.92 Å². The highest BCUT2D eigenvalue weighted by atomic mass is 35.5. The van der Waals surface area contributed by atoms with Gasteiger partial charge in [-0.2, -0.15) is 5.10 Å². The second-order valence-corrected chi connectivity index (χ2v) is 9.04. The average Bonchev–Trinajstić information content (AvgIpc) is 2.97. The second kappa shape index (κ2) is 8.75. The summed E-state index contributed by atoms with van der Waals surface area (Å²) in [6.07, 6.45) is -0.219. The van der Waals surface area contributed by atoms with Gasteiger partial charge in [-0.3, -0.25) is 4.79 Å². The largest absolute Gasteiger partial charge is 0.326 e. The lowest BCUT2D eigenvalue weighted by molar-refractivity contribution is -0.115. The molecule has 0 spiro atoms. The standard InChI is InChI=1S/C20H19ClFN3O3S/c1-14-18(20(21)25(24-14)17-5-3-2-4-6-17)13-29(27,28)12-11-19(26)23-16-9-7-15(22)8-10-16/h2-10H,11-13H2,1H3,(H,23,26). The fourth-order valence-corrected chi connectivity index (χ4v) is 4.58. The number of aromatic nitrogens is 2. The SMILES string of the molecule is Cc1nn(-c2ccccc2)c(Cl)c1CS(=O)(=O)CCC(=O)Nc1ccc(F)cc1. The summed E-state index contributed by atoms with van der Waals surface area (Å²) in [5.74, 6) is -1.54. The maximum atomic E-state index is 12.9. The Labute approximate surface area is 173 Å². The van der Waals surface area contributed by atoms with Gasteiger partial charge in [0.25, 0.3) is 0 Å². The number of amides is 1. The minimum Gasteiger partial charge on any atom is -0.326 e. The summed E-state index contributed by atoms with van der Waals surface area (Å²) in [6, 6.07) is 14.4. The highest BCUT2D eigenvalue weighted by Crippen LogP contribution is 2.25. The van der Waals surface area contributed by atoms with Crippen molar-refractivity contribution in [2.24, 2.45) is 0 Å². The zero-order valence-corrected chi connectivity index (χ0v) is 17.2. The van der Waals surface area contributed by atoms with Crippen LogP contribution in [-0.4, -0.2) is 29.9 Å². The van der Waals surface area contributed by atoms with E-state index in [-0.39, 0.29) is 23.1 Å². The number of nitrogens with zero attached hydrogens (tertiary/aromatic N) is 2. The van der Waals surface area contributed by atoms with Crippen LogP contribution in [0.1, 0.15) is 17.7 Å². The number of nitrogens with one attached hydrogen (secondary N) is 1. The van der Waals surface area contributed by atoms with Crippen molar-refractivity contribution >= 4 is 33.0 Å². The molecular formula is C20H19ClFN3O3S. The van der Waals surface area contributed by atoms with Crippen molar-refractivity contribution in [2.45, 2.75) is 19.1 Å². The van der Waals surface area contributed by atoms with Crippen molar-refractivity contribution in [1.82, 2.24) is 9.78 Å². The van der Waals surface area contributed by atoms with Crippen LogP contribution in [-0.2, 0) is 20.4 Å². The van der Waals surface area contributed by atoms with Crippen LogP contribution < -0.4 is 5.32 Å². The van der Waals surface area contributed by atoms with E-state index in [2.05, 4.69) is 10.4 Å².